The van der Waals surface area contributed by atoms with E-state index >= 15 is 0 Å². The molecular formula is C11H21Cl. The van der Waals surface area contributed by atoms with E-state index < -0.39 is 0 Å². The molecule has 0 rings (SSSR count). The van der Waals surface area contributed by atoms with Gasteiger partial charge >= 0.3 is 0 Å². The molecular weight excluding hydrogens is 168 g/mol. The Morgan fingerprint density at radius 3 is 2.33 bits per heavy atom. The Morgan fingerprint density at radius 1 is 1.33 bits per heavy atom. The minimum Gasteiger partial charge on any atom is -0.0892 e. The van der Waals surface area contributed by atoms with Crippen molar-refractivity contribution in [2.75, 3.05) is 0 Å². The fraction of sp³-hybridized carbons (Fsp3) is 0.818. The Hall–Kier alpha value is 0.0300. The fourth-order valence-electron chi connectivity index (χ4n) is 0.948. The summed E-state index contributed by atoms with van der Waals surface area (Å²) < 4.78 is 0. The lowest BCUT2D eigenvalue weighted by molar-refractivity contribution is 0.494. The van der Waals surface area contributed by atoms with Crippen molar-refractivity contribution in [2.45, 2.75) is 47.0 Å². The van der Waals surface area contributed by atoms with Crippen LogP contribution in [0.3, 0.4) is 0 Å². The Balaban J connectivity index is 3.82. The van der Waals surface area contributed by atoms with E-state index in [1.54, 1.807) is 0 Å². The van der Waals surface area contributed by atoms with Gasteiger partial charge in [-0.15, -0.1) is 0 Å². The Bertz CT molecular complexity index is 136. The lowest BCUT2D eigenvalue weighted by Crippen LogP contribution is -2.03. The number of hydrogen-bond donors (Lipinski definition) is 0. The highest BCUT2D eigenvalue weighted by Crippen LogP contribution is 2.23. The second kappa shape index (κ2) is 6.54. The highest BCUT2D eigenvalue weighted by molar-refractivity contribution is 6.29. The van der Waals surface area contributed by atoms with E-state index in [4.69, 9.17) is 11.6 Å². The third kappa shape index (κ3) is 4.82. The van der Waals surface area contributed by atoms with Gasteiger partial charge in [0.05, 0.1) is 0 Å². The van der Waals surface area contributed by atoms with Crippen LogP contribution in [0.15, 0.2) is 11.1 Å². The van der Waals surface area contributed by atoms with E-state index in [1.807, 2.05) is 0 Å². The van der Waals surface area contributed by atoms with Crippen molar-refractivity contribution in [2.24, 2.45) is 11.8 Å². The topological polar surface area (TPSA) is 0 Å². The fourth-order valence-corrected chi connectivity index (χ4v) is 1.31. The molecule has 1 unspecified atom stereocenters. The van der Waals surface area contributed by atoms with Gasteiger partial charge in [0, 0.05) is 5.03 Å². The van der Waals surface area contributed by atoms with Crippen molar-refractivity contribution in [3.05, 3.63) is 11.1 Å². The number of halogens is 1. The van der Waals surface area contributed by atoms with Crippen LogP contribution in [0.4, 0.5) is 0 Å². The van der Waals surface area contributed by atoms with Crippen LogP contribution in [0.2, 0.25) is 0 Å². The molecule has 0 aliphatic rings. The minimum atomic E-state index is 0.517. The second-order valence-corrected chi connectivity index (χ2v) is 4.20. The summed E-state index contributed by atoms with van der Waals surface area (Å²) in [6.07, 6.45) is 5.81. The SMILES string of the molecule is CCCC/C=C(\Cl)C(C)C(C)C. The van der Waals surface area contributed by atoms with Gasteiger partial charge in [-0.1, -0.05) is 58.2 Å². The summed E-state index contributed by atoms with van der Waals surface area (Å²) in [7, 11) is 0. The van der Waals surface area contributed by atoms with Crippen molar-refractivity contribution in [3.63, 3.8) is 0 Å². The molecule has 0 fully saturated rings. The molecule has 0 N–H and O–H groups in total. The van der Waals surface area contributed by atoms with Gasteiger partial charge in [0.25, 0.3) is 0 Å². The van der Waals surface area contributed by atoms with Gasteiger partial charge in [0.15, 0.2) is 0 Å². The average molecular weight is 189 g/mol. The normalized spacial score (nSPS) is 15.3. The molecule has 1 atom stereocenters. The van der Waals surface area contributed by atoms with Gasteiger partial charge in [-0.05, 0) is 18.3 Å². The molecule has 0 nitrogen and oxygen atoms in total. The summed E-state index contributed by atoms with van der Waals surface area (Å²) in [4.78, 5) is 0. The van der Waals surface area contributed by atoms with E-state index in [-0.39, 0.29) is 0 Å². The average Bonchev–Trinajstić information content (AvgIpc) is 2.03. The molecule has 0 heterocycles. The van der Waals surface area contributed by atoms with Crippen LogP contribution in [0.1, 0.15) is 47.0 Å². The van der Waals surface area contributed by atoms with Crippen LogP contribution in [-0.4, -0.2) is 0 Å². The molecule has 0 saturated carbocycles. The number of unbranched alkanes of at least 4 members (excludes halogenated alkanes) is 2. The largest absolute Gasteiger partial charge is 0.0892 e. The number of allylic oxidation sites excluding steroid dienone is 2. The molecule has 0 aromatic carbocycles. The minimum absolute atomic E-state index is 0.517. The number of hydrogen-bond acceptors (Lipinski definition) is 0. The first kappa shape index (κ1) is 12.0. The smallest absolute Gasteiger partial charge is 0.0171 e. The van der Waals surface area contributed by atoms with Crippen LogP contribution in [-0.2, 0) is 0 Å². The summed E-state index contributed by atoms with van der Waals surface area (Å²) in [5.41, 5.74) is 0. The maximum atomic E-state index is 6.12. The van der Waals surface area contributed by atoms with E-state index in [9.17, 15) is 0 Å². The zero-order valence-electron chi connectivity index (χ0n) is 8.73. The molecule has 0 aliphatic carbocycles. The van der Waals surface area contributed by atoms with E-state index in [2.05, 4.69) is 33.8 Å². The first-order valence-electron chi connectivity index (χ1n) is 4.95. The van der Waals surface area contributed by atoms with Gasteiger partial charge in [0.1, 0.15) is 0 Å². The van der Waals surface area contributed by atoms with Crippen LogP contribution in [0.5, 0.6) is 0 Å². The number of rotatable bonds is 5. The van der Waals surface area contributed by atoms with Gasteiger partial charge in [-0.2, -0.15) is 0 Å². The van der Waals surface area contributed by atoms with Gasteiger partial charge < -0.3 is 0 Å². The third-order valence-electron chi connectivity index (χ3n) is 2.33. The zero-order chi connectivity index (χ0) is 9.56. The molecule has 0 saturated heterocycles. The van der Waals surface area contributed by atoms with Crippen molar-refractivity contribution in [1.29, 1.82) is 0 Å². The van der Waals surface area contributed by atoms with Gasteiger partial charge in [-0.25, -0.2) is 0 Å². The molecule has 1 heteroatoms. The highest BCUT2D eigenvalue weighted by Gasteiger charge is 2.09. The van der Waals surface area contributed by atoms with Crippen molar-refractivity contribution in [1.82, 2.24) is 0 Å². The summed E-state index contributed by atoms with van der Waals surface area (Å²) >= 11 is 6.12. The van der Waals surface area contributed by atoms with Crippen LogP contribution in [0, 0.1) is 11.8 Å². The first-order chi connectivity index (χ1) is 5.59. The van der Waals surface area contributed by atoms with E-state index in [0.717, 1.165) is 11.5 Å². The second-order valence-electron chi connectivity index (χ2n) is 3.76. The summed E-state index contributed by atoms with van der Waals surface area (Å²) in [6.45, 7) is 8.81. The lowest BCUT2D eigenvalue weighted by Gasteiger charge is -2.14. The Labute approximate surface area is 82.0 Å². The molecule has 0 aliphatic heterocycles. The van der Waals surface area contributed by atoms with Crippen LogP contribution < -0.4 is 0 Å². The summed E-state index contributed by atoms with van der Waals surface area (Å²) in [5.74, 6) is 1.17. The molecule has 0 spiro atoms. The van der Waals surface area contributed by atoms with Crippen LogP contribution in [0.25, 0.3) is 0 Å². The standard InChI is InChI=1S/C11H21Cl/c1-5-6-7-8-11(12)10(4)9(2)3/h8-10H,5-7H2,1-4H3/b11-8-. The maximum Gasteiger partial charge on any atom is 0.0171 e. The predicted molar refractivity (Wildman–Crippen MR) is 57.5 cm³/mol. The molecule has 0 amide bonds. The first-order valence-corrected chi connectivity index (χ1v) is 5.33. The maximum absolute atomic E-state index is 6.12. The molecule has 0 aromatic heterocycles. The zero-order valence-corrected chi connectivity index (χ0v) is 9.49. The van der Waals surface area contributed by atoms with E-state index in [0.29, 0.717) is 11.8 Å². The van der Waals surface area contributed by atoms with Crippen molar-refractivity contribution < 1.29 is 0 Å². The van der Waals surface area contributed by atoms with Gasteiger partial charge in [0.2, 0.25) is 0 Å². The van der Waals surface area contributed by atoms with Crippen LogP contribution >= 0.6 is 11.6 Å². The highest BCUT2D eigenvalue weighted by atomic mass is 35.5. The lowest BCUT2D eigenvalue weighted by atomic mass is 9.97. The van der Waals surface area contributed by atoms with E-state index in [1.165, 1.54) is 12.8 Å². The summed E-state index contributed by atoms with van der Waals surface area (Å²) in [5, 5.41) is 1.04. The van der Waals surface area contributed by atoms with Crippen molar-refractivity contribution in [3.8, 4) is 0 Å². The molecule has 0 aromatic rings. The predicted octanol–water partition coefficient (Wildman–Crippen LogP) is 4.59. The third-order valence-corrected chi connectivity index (χ3v) is 2.83. The summed E-state index contributed by atoms with van der Waals surface area (Å²) in [6, 6.07) is 0. The Kier molecular flexibility index (Phi) is 6.55. The monoisotopic (exact) mass is 188 g/mol. The Morgan fingerprint density at radius 2 is 1.92 bits per heavy atom. The molecule has 12 heavy (non-hydrogen) atoms. The molecule has 72 valence electrons. The van der Waals surface area contributed by atoms with Crippen molar-refractivity contribution >= 4 is 11.6 Å². The molecule has 0 radical (unpaired) electrons. The van der Waals surface area contributed by atoms with Gasteiger partial charge in [-0.3, -0.25) is 0 Å². The molecule has 0 bridgehead atoms. The quantitative estimate of drug-likeness (QED) is 0.554.